The van der Waals surface area contributed by atoms with Gasteiger partial charge in [-0.3, -0.25) is 14.8 Å². The van der Waals surface area contributed by atoms with Gasteiger partial charge in [-0.05, 0) is 17.7 Å². The van der Waals surface area contributed by atoms with Crippen LogP contribution in [0.2, 0.25) is 5.02 Å². The van der Waals surface area contributed by atoms with E-state index in [0.29, 0.717) is 6.54 Å². The molecule has 0 radical (unpaired) electrons. The van der Waals surface area contributed by atoms with E-state index in [0.717, 1.165) is 11.8 Å². The number of nitro groups is 1. The summed E-state index contributed by atoms with van der Waals surface area (Å²) in [5.41, 5.74) is 0.632. The van der Waals surface area contributed by atoms with Gasteiger partial charge >= 0.3 is 5.69 Å². The van der Waals surface area contributed by atoms with Crippen LogP contribution < -0.4 is 0 Å². The summed E-state index contributed by atoms with van der Waals surface area (Å²) < 4.78 is 14.3. The maximum Gasteiger partial charge on any atom is 0.307 e. The molecule has 7 heteroatoms. The molecular weight excluding hydrogens is 249 g/mol. The van der Waals surface area contributed by atoms with E-state index in [9.17, 15) is 14.5 Å². The van der Waals surface area contributed by atoms with Crippen LogP contribution in [0, 0.1) is 15.9 Å². The van der Waals surface area contributed by atoms with E-state index in [4.69, 9.17) is 11.6 Å². The number of hydrogen-bond acceptors (Lipinski definition) is 3. The molecule has 0 aliphatic heterocycles. The molecule has 17 heavy (non-hydrogen) atoms. The lowest BCUT2D eigenvalue weighted by molar-refractivity contribution is -0.385. The van der Waals surface area contributed by atoms with E-state index in [-0.39, 0.29) is 10.7 Å². The SMILES string of the molecule is O=[N+]([O-])c1cnn(Cc2ccc(F)c(Cl)c2)c1. The van der Waals surface area contributed by atoms with E-state index in [1.807, 2.05) is 0 Å². The van der Waals surface area contributed by atoms with Crippen LogP contribution >= 0.6 is 11.6 Å². The summed E-state index contributed by atoms with van der Waals surface area (Å²) in [6, 6.07) is 4.26. The summed E-state index contributed by atoms with van der Waals surface area (Å²) >= 11 is 5.62. The highest BCUT2D eigenvalue weighted by Gasteiger charge is 2.09. The largest absolute Gasteiger partial charge is 0.307 e. The first-order valence-electron chi connectivity index (χ1n) is 4.67. The number of benzene rings is 1. The van der Waals surface area contributed by atoms with Gasteiger partial charge in [0.2, 0.25) is 0 Å². The third-order valence-electron chi connectivity index (χ3n) is 2.16. The molecule has 0 spiro atoms. The molecule has 0 N–H and O–H groups in total. The Balaban J connectivity index is 2.19. The van der Waals surface area contributed by atoms with E-state index in [2.05, 4.69) is 5.10 Å². The van der Waals surface area contributed by atoms with Crippen LogP contribution in [0.15, 0.2) is 30.6 Å². The average molecular weight is 256 g/mol. The Labute approximate surface area is 101 Å². The highest BCUT2D eigenvalue weighted by molar-refractivity contribution is 6.30. The summed E-state index contributed by atoms with van der Waals surface area (Å²) in [7, 11) is 0. The van der Waals surface area contributed by atoms with E-state index in [1.54, 1.807) is 6.07 Å². The molecule has 5 nitrogen and oxygen atoms in total. The maximum atomic E-state index is 12.9. The molecule has 0 atom stereocenters. The van der Waals surface area contributed by atoms with Crippen LogP contribution in [0.3, 0.4) is 0 Å². The number of hydrogen-bond donors (Lipinski definition) is 0. The quantitative estimate of drug-likeness (QED) is 0.626. The Kier molecular flexibility index (Phi) is 3.06. The molecule has 0 saturated carbocycles. The van der Waals surface area contributed by atoms with E-state index in [1.165, 1.54) is 23.0 Å². The van der Waals surface area contributed by atoms with Crippen molar-refractivity contribution in [3.05, 3.63) is 57.1 Å². The molecule has 0 bridgehead atoms. The van der Waals surface area contributed by atoms with Crippen LogP contribution in [0.4, 0.5) is 10.1 Å². The van der Waals surface area contributed by atoms with Gasteiger partial charge in [0.25, 0.3) is 0 Å². The van der Waals surface area contributed by atoms with Gasteiger partial charge in [-0.2, -0.15) is 5.10 Å². The molecule has 0 aliphatic rings. The average Bonchev–Trinajstić information content (AvgIpc) is 2.72. The summed E-state index contributed by atoms with van der Waals surface area (Å²) in [6.45, 7) is 0.299. The molecule has 1 aromatic heterocycles. The minimum atomic E-state index is -0.527. The van der Waals surface area contributed by atoms with Gasteiger partial charge in [-0.25, -0.2) is 4.39 Å². The first-order valence-corrected chi connectivity index (χ1v) is 5.05. The Morgan fingerprint density at radius 1 is 1.53 bits per heavy atom. The molecule has 2 aromatic rings. The molecular formula is C10H7ClFN3O2. The van der Waals surface area contributed by atoms with Crippen molar-refractivity contribution in [1.82, 2.24) is 9.78 Å². The van der Waals surface area contributed by atoms with Gasteiger partial charge < -0.3 is 0 Å². The van der Waals surface area contributed by atoms with Crippen molar-refractivity contribution in [3.8, 4) is 0 Å². The lowest BCUT2D eigenvalue weighted by Crippen LogP contribution is -2.00. The third kappa shape index (κ3) is 2.59. The van der Waals surface area contributed by atoms with Crippen LogP contribution in [0.25, 0.3) is 0 Å². The Morgan fingerprint density at radius 3 is 2.88 bits per heavy atom. The van der Waals surface area contributed by atoms with E-state index >= 15 is 0 Å². The molecule has 2 rings (SSSR count). The minimum absolute atomic E-state index is 0.0177. The summed E-state index contributed by atoms with van der Waals surface area (Å²) in [5.74, 6) is -0.498. The Hall–Kier alpha value is -1.95. The van der Waals surface area contributed by atoms with Crippen LogP contribution in [0.1, 0.15) is 5.56 Å². The standard InChI is InChI=1S/C10H7ClFN3O2/c11-9-3-7(1-2-10(9)12)5-14-6-8(4-13-14)15(16)17/h1-4,6H,5H2. The Bertz CT molecular complexity index is 570. The van der Waals surface area contributed by atoms with Gasteiger partial charge in [0, 0.05) is 0 Å². The maximum absolute atomic E-state index is 12.9. The molecule has 0 aliphatic carbocycles. The highest BCUT2D eigenvalue weighted by atomic mass is 35.5. The molecule has 88 valence electrons. The van der Waals surface area contributed by atoms with Gasteiger partial charge in [-0.15, -0.1) is 0 Å². The predicted molar refractivity (Wildman–Crippen MR) is 59.4 cm³/mol. The van der Waals surface area contributed by atoms with Gasteiger partial charge in [0.15, 0.2) is 0 Å². The first kappa shape index (κ1) is 11.5. The van der Waals surface area contributed by atoms with Crippen molar-refractivity contribution >= 4 is 17.3 Å². The van der Waals surface area contributed by atoms with Crippen molar-refractivity contribution in [2.24, 2.45) is 0 Å². The monoisotopic (exact) mass is 255 g/mol. The van der Waals surface area contributed by atoms with Gasteiger partial charge in [-0.1, -0.05) is 17.7 Å². The van der Waals surface area contributed by atoms with E-state index < -0.39 is 10.7 Å². The third-order valence-corrected chi connectivity index (χ3v) is 2.45. The lowest BCUT2D eigenvalue weighted by atomic mass is 10.2. The molecule has 1 heterocycles. The second kappa shape index (κ2) is 4.50. The highest BCUT2D eigenvalue weighted by Crippen LogP contribution is 2.17. The molecule has 0 amide bonds. The van der Waals surface area contributed by atoms with Crippen molar-refractivity contribution in [2.45, 2.75) is 6.54 Å². The molecule has 1 aromatic carbocycles. The van der Waals surface area contributed by atoms with Crippen molar-refractivity contribution < 1.29 is 9.31 Å². The number of rotatable bonds is 3. The molecule has 0 fully saturated rings. The lowest BCUT2D eigenvalue weighted by Gasteiger charge is -2.02. The van der Waals surface area contributed by atoms with Crippen LogP contribution in [-0.4, -0.2) is 14.7 Å². The fraction of sp³-hybridized carbons (Fsp3) is 0.100. The zero-order chi connectivity index (χ0) is 12.4. The minimum Gasteiger partial charge on any atom is -0.261 e. The summed E-state index contributed by atoms with van der Waals surface area (Å²) in [6.07, 6.45) is 2.46. The topological polar surface area (TPSA) is 61.0 Å². The predicted octanol–water partition coefficient (Wildman–Crippen LogP) is 2.63. The zero-order valence-corrected chi connectivity index (χ0v) is 9.26. The number of nitrogens with zero attached hydrogens (tertiary/aromatic N) is 3. The smallest absolute Gasteiger partial charge is 0.261 e. The number of aromatic nitrogens is 2. The van der Waals surface area contributed by atoms with Gasteiger partial charge in [0.05, 0.1) is 16.5 Å². The fourth-order valence-corrected chi connectivity index (χ4v) is 1.56. The number of halogens is 2. The molecule has 0 saturated heterocycles. The summed E-state index contributed by atoms with van der Waals surface area (Å²) in [4.78, 5) is 9.92. The van der Waals surface area contributed by atoms with Crippen molar-refractivity contribution in [3.63, 3.8) is 0 Å². The Morgan fingerprint density at radius 2 is 2.29 bits per heavy atom. The van der Waals surface area contributed by atoms with Crippen LogP contribution in [0.5, 0.6) is 0 Å². The van der Waals surface area contributed by atoms with Crippen LogP contribution in [-0.2, 0) is 6.54 Å². The second-order valence-electron chi connectivity index (χ2n) is 3.40. The van der Waals surface area contributed by atoms with Crippen molar-refractivity contribution in [1.29, 1.82) is 0 Å². The van der Waals surface area contributed by atoms with Crippen molar-refractivity contribution in [2.75, 3.05) is 0 Å². The first-order chi connectivity index (χ1) is 8.06. The van der Waals surface area contributed by atoms with Gasteiger partial charge in [0.1, 0.15) is 18.2 Å². The second-order valence-corrected chi connectivity index (χ2v) is 3.81. The fourth-order valence-electron chi connectivity index (χ4n) is 1.36. The zero-order valence-electron chi connectivity index (χ0n) is 8.51. The summed E-state index contributed by atoms with van der Waals surface area (Å²) in [5, 5.41) is 14.3. The normalized spacial score (nSPS) is 10.5. The molecule has 0 unspecified atom stereocenters.